The smallest absolute Gasteiger partial charge is 0.271 e. The zero-order valence-electron chi connectivity index (χ0n) is 15.1. The van der Waals surface area contributed by atoms with Crippen LogP contribution in [0.15, 0.2) is 65.8 Å². The van der Waals surface area contributed by atoms with E-state index in [9.17, 15) is 4.79 Å². The van der Waals surface area contributed by atoms with Crippen LogP contribution in [0.25, 0.3) is 5.69 Å². The number of nitrogens with one attached hydrogen (secondary N) is 1. The van der Waals surface area contributed by atoms with E-state index in [1.807, 2.05) is 36.4 Å². The van der Waals surface area contributed by atoms with E-state index in [0.717, 1.165) is 22.6 Å². The SMILES string of the molecule is COc1ccccc1/C=N/NC(=O)c1ccc(-n2c(C)ccc2C)cc1. The summed E-state index contributed by atoms with van der Waals surface area (Å²) in [6.07, 6.45) is 1.57. The van der Waals surface area contributed by atoms with Gasteiger partial charge in [0.05, 0.1) is 13.3 Å². The number of aromatic nitrogens is 1. The van der Waals surface area contributed by atoms with Crippen molar-refractivity contribution < 1.29 is 9.53 Å². The minimum absolute atomic E-state index is 0.261. The summed E-state index contributed by atoms with van der Waals surface area (Å²) in [7, 11) is 1.60. The Hall–Kier alpha value is -3.34. The number of para-hydroxylation sites is 1. The van der Waals surface area contributed by atoms with Gasteiger partial charge in [-0.3, -0.25) is 4.79 Å². The molecule has 0 atom stereocenters. The van der Waals surface area contributed by atoms with Crippen LogP contribution in [-0.4, -0.2) is 23.8 Å². The molecule has 1 N–H and O–H groups in total. The average molecular weight is 347 g/mol. The third kappa shape index (κ3) is 3.67. The Bertz CT molecular complexity index is 921. The molecule has 2 aromatic carbocycles. The van der Waals surface area contributed by atoms with Crippen molar-refractivity contribution in [2.75, 3.05) is 7.11 Å². The molecule has 3 aromatic rings. The molecule has 0 unspecified atom stereocenters. The molecule has 0 saturated heterocycles. The highest BCUT2D eigenvalue weighted by molar-refractivity contribution is 5.95. The lowest BCUT2D eigenvalue weighted by Gasteiger charge is -2.10. The fraction of sp³-hybridized carbons (Fsp3) is 0.143. The lowest BCUT2D eigenvalue weighted by molar-refractivity contribution is 0.0955. The second kappa shape index (κ2) is 7.70. The molecule has 1 heterocycles. The normalized spacial score (nSPS) is 10.9. The van der Waals surface area contributed by atoms with Crippen LogP contribution in [0.3, 0.4) is 0 Å². The predicted molar refractivity (Wildman–Crippen MR) is 103 cm³/mol. The summed E-state index contributed by atoms with van der Waals surface area (Å²) < 4.78 is 7.39. The number of ether oxygens (including phenoxy) is 1. The summed E-state index contributed by atoms with van der Waals surface area (Å²) in [5, 5.41) is 4.02. The van der Waals surface area contributed by atoms with Crippen molar-refractivity contribution >= 4 is 12.1 Å². The first-order valence-electron chi connectivity index (χ1n) is 8.32. The number of benzene rings is 2. The zero-order chi connectivity index (χ0) is 18.5. The first kappa shape index (κ1) is 17.5. The molecule has 0 aliphatic rings. The van der Waals surface area contributed by atoms with E-state index in [2.05, 4.69) is 41.1 Å². The third-order valence-electron chi connectivity index (χ3n) is 4.17. The van der Waals surface area contributed by atoms with Crippen molar-refractivity contribution in [3.05, 3.63) is 83.2 Å². The molecule has 0 saturated carbocycles. The lowest BCUT2D eigenvalue weighted by atomic mass is 10.2. The van der Waals surface area contributed by atoms with Crippen LogP contribution in [-0.2, 0) is 0 Å². The monoisotopic (exact) mass is 347 g/mol. The van der Waals surface area contributed by atoms with Crippen LogP contribution in [0.5, 0.6) is 5.75 Å². The Morgan fingerprint density at radius 2 is 1.65 bits per heavy atom. The number of hydrogen-bond donors (Lipinski definition) is 1. The first-order chi connectivity index (χ1) is 12.6. The van der Waals surface area contributed by atoms with Crippen LogP contribution >= 0.6 is 0 Å². The molecule has 0 fully saturated rings. The van der Waals surface area contributed by atoms with Crippen molar-refractivity contribution in [3.8, 4) is 11.4 Å². The maximum Gasteiger partial charge on any atom is 0.271 e. The summed E-state index contributed by atoms with van der Waals surface area (Å²) in [6, 6.07) is 19.1. The third-order valence-corrected chi connectivity index (χ3v) is 4.17. The molecule has 5 nitrogen and oxygen atoms in total. The van der Waals surface area contributed by atoms with Gasteiger partial charge in [-0.25, -0.2) is 5.43 Å². The van der Waals surface area contributed by atoms with Crippen LogP contribution in [0.4, 0.5) is 0 Å². The van der Waals surface area contributed by atoms with Gasteiger partial charge in [0, 0.05) is 28.2 Å². The molecule has 1 aromatic heterocycles. The van der Waals surface area contributed by atoms with E-state index in [0.29, 0.717) is 11.3 Å². The van der Waals surface area contributed by atoms with E-state index in [1.54, 1.807) is 25.5 Å². The molecule has 26 heavy (non-hydrogen) atoms. The van der Waals surface area contributed by atoms with E-state index in [1.165, 1.54) is 0 Å². The molecular formula is C21H21N3O2. The number of hydrazone groups is 1. The number of nitrogens with zero attached hydrogens (tertiary/aromatic N) is 2. The van der Waals surface area contributed by atoms with Crippen LogP contribution in [0, 0.1) is 13.8 Å². The Balaban J connectivity index is 1.70. The first-order valence-corrected chi connectivity index (χ1v) is 8.32. The molecule has 0 spiro atoms. The Morgan fingerprint density at radius 3 is 2.31 bits per heavy atom. The van der Waals surface area contributed by atoms with Crippen molar-refractivity contribution in [3.63, 3.8) is 0 Å². The largest absolute Gasteiger partial charge is 0.496 e. The van der Waals surface area contributed by atoms with Gasteiger partial charge < -0.3 is 9.30 Å². The molecule has 0 aliphatic heterocycles. The van der Waals surface area contributed by atoms with Gasteiger partial charge in [-0.15, -0.1) is 0 Å². The number of rotatable bonds is 5. The average Bonchev–Trinajstić information content (AvgIpc) is 3.00. The van der Waals surface area contributed by atoms with Crippen LogP contribution < -0.4 is 10.2 Å². The van der Waals surface area contributed by atoms with E-state index in [4.69, 9.17) is 4.74 Å². The minimum atomic E-state index is -0.261. The molecule has 0 radical (unpaired) electrons. The van der Waals surface area contributed by atoms with Crippen molar-refractivity contribution in [2.45, 2.75) is 13.8 Å². The molecule has 5 heteroatoms. The molecule has 132 valence electrons. The summed E-state index contributed by atoms with van der Waals surface area (Å²) in [5.41, 5.74) is 7.22. The van der Waals surface area contributed by atoms with Crippen LogP contribution in [0.1, 0.15) is 27.3 Å². The summed E-state index contributed by atoms with van der Waals surface area (Å²) in [4.78, 5) is 12.3. The summed E-state index contributed by atoms with van der Waals surface area (Å²) in [6.45, 7) is 4.11. The second-order valence-corrected chi connectivity index (χ2v) is 5.94. The molecule has 1 amide bonds. The quantitative estimate of drug-likeness (QED) is 0.563. The Morgan fingerprint density at radius 1 is 1.00 bits per heavy atom. The highest BCUT2D eigenvalue weighted by atomic mass is 16.5. The number of hydrogen-bond acceptors (Lipinski definition) is 3. The van der Waals surface area contributed by atoms with Gasteiger partial charge in [0.2, 0.25) is 0 Å². The Kier molecular flexibility index (Phi) is 5.17. The fourth-order valence-corrected chi connectivity index (χ4v) is 2.84. The highest BCUT2D eigenvalue weighted by Gasteiger charge is 2.07. The lowest BCUT2D eigenvalue weighted by Crippen LogP contribution is -2.17. The molecule has 3 rings (SSSR count). The predicted octanol–water partition coefficient (Wildman–Crippen LogP) is 3.87. The van der Waals surface area contributed by atoms with Gasteiger partial charge in [-0.2, -0.15) is 5.10 Å². The number of amides is 1. The summed E-state index contributed by atoms with van der Waals surface area (Å²) in [5.74, 6) is 0.441. The standard InChI is InChI=1S/C21H21N3O2/c1-15-8-9-16(2)24(15)19-12-10-17(11-13-19)21(25)23-22-14-18-6-4-5-7-20(18)26-3/h4-14H,1-3H3,(H,23,25)/b22-14+. The van der Waals surface area contributed by atoms with Gasteiger partial charge in [0.15, 0.2) is 0 Å². The summed E-state index contributed by atoms with van der Waals surface area (Å²) >= 11 is 0. The van der Waals surface area contributed by atoms with E-state index in [-0.39, 0.29) is 5.91 Å². The second-order valence-electron chi connectivity index (χ2n) is 5.94. The maximum absolute atomic E-state index is 12.3. The highest BCUT2D eigenvalue weighted by Crippen LogP contribution is 2.17. The number of carbonyl (C=O) groups excluding carboxylic acids is 1. The van der Waals surface area contributed by atoms with Crippen LogP contribution in [0.2, 0.25) is 0 Å². The number of carbonyl (C=O) groups is 1. The zero-order valence-corrected chi connectivity index (χ0v) is 15.1. The van der Waals surface area contributed by atoms with Gasteiger partial charge >= 0.3 is 0 Å². The van der Waals surface area contributed by atoms with Crippen molar-refractivity contribution in [2.24, 2.45) is 5.10 Å². The molecule has 0 aliphatic carbocycles. The number of methoxy groups -OCH3 is 1. The van der Waals surface area contributed by atoms with Crippen molar-refractivity contribution in [1.29, 1.82) is 0 Å². The minimum Gasteiger partial charge on any atom is -0.496 e. The van der Waals surface area contributed by atoms with E-state index >= 15 is 0 Å². The molecule has 0 bridgehead atoms. The van der Waals surface area contributed by atoms with Gasteiger partial charge in [-0.1, -0.05) is 12.1 Å². The number of aryl methyl sites for hydroxylation is 2. The van der Waals surface area contributed by atoms with E-state index < -0.39 is 0 Å². The van der Waals surface area contributed by atoms with Crippen molar-refractivity contribution in [1.82, 2.24) is 9.99 Å². The van der Waals surface area contributed by atoms with Gasteiger partial charge in [0.1, 0.15) is 5.75 Å². The maximum atomic E-state index is 12.3. The van der Waals surface area contributed by atoms with Gasteiger partial charge in [-0.05, 0) is 62.4 Å². The Labute approximate surface area is 152 Å². The van der Waals surface area contributed by atoms with Gasteiger partial charge in [0.25, 0.3) is 5.91 Å². The fourth-order valence-electron chi connectivity index (χ4n) is 2.84. The topological polar surface area (TPSA) is 55.6 Å². The molecular weight excluding hydrogens is 326 g/mol.